The van der Waals surface area contributed by atoms with Gasteiger partial charge in [-0.15, -0.1) is 0 Å². The minimum Gasteiger partial charge on any atom is -0.466 e. The average Bonchev–Trinajstić information content (AvgIpc) is 3.27. The molecule has 1 amide bonds. The molecular weight excluding hydrogens is 394 g/mol. The number of esters is 1. The van der Waals surface area contributed by atoms with Crippen LogP contribution in [0.2, 0.25) is 0 Å². The van der Waals surface area contributed by atoms with Gasteiger partial charge < -0.3 is 19.1 Å². The van der Waals surface area contributed by atoms with Crippen molar-refractivity contribution in [1.29, 1.82) is 0 Å². The molecule has 6 heteroatoms. The number of carbonyl (C=O) groups is 2. The fourth-order valence-corrected chi connectivity index (χ4v) is 4.55. The van der Waals surface area contributed by atoms with Gasteiger partial charge in [0.15, 0.2) is 11.5 Å². The van der Waals surface area contributed by atoms with E-state index in [-0.39, 0.29) is 18.7 Å². The number of fused-ring (bicyclic) bond motifs is 1. The highest BCUT2D eigenvalue weighted by Crippen LogP contribution is 2.38. The quantitative estimate of drug-likeness (QED) is 0.624. The summed E-state index contributed by atoms with van der Waals surface area (Å²) in [7, 11) is 0. The number of rotatable bonds is 7. The third-order valence-electron chi connectivity index (χ3n) is 6.16. The first-order chi connectivity index (χ1) is 15.1. The van der Waals surface area contributed by atoms with Gasteiger partial charge >= 0.3 is 5.97 Å². The van der Waals surface area contributed by atoms with Gasteiger partial charge in [-0.05, 0) is 62.8 Å². The van der Waals surface area contributed by atoms with Gasteiger partial charge in [-0.25, -0.2) is 0 Å². The fraction of sp³-hybridized carbons (Fsp3) is 0.440. The van der Waals surface area contributed by atoms with Crippen LogP contribution in [0.5, 0.6) is 11.5 Å². The van der Waals surface area contributed by atoms with Crippen LogP contribution in [0.25, 0.3) is 0 Å². The number of aryl methyl sites for hydroxylation is 1. The van der Waals surface area contributed by atoms with Gasteiger partial charge in [-0.3, -0.25) is 9.59 Å². The topological polar surface area (TPSA) is 65.1 Å². The first-order valence-electron chi connectivity index (χ1n) is 11.0. The molecule has 6 nitrogen and oxygen atoms in total. The molecule has 0 N–H and O–H groups in total. The minimum absolute atomic E-state index is 0.0882. The summed E-state index contributed by atoms with van der Waals surface area (Å²) in [6.07, 6.45) is 3.99. The number of benzene rings is 2. The molecule has 2 aromatic carbocycles. The summed E-state index contributed by atoms with van der Waals surface area (Å²) in [6, 6.07) is 15.5. The Morgan fingerprint density at radius 2 is 1.90 bits per heavy atom. The summed E-state index contributed by atoms with van der Waals surface area (Å²) in [5.74, 6) is 0.959. The maximum atomic E-state index is 13.2. The zero-order valence-corrected chi connectivity index (χ0v) is 18.0. The Morgan fingerprint density at radius 3 is 2.71 bits per heavy atom. The Kier molecular flexibility index (Phi) is 6.44. The molecule has 31 heavy (non-hydrogen) atoms. The molecule has 1 saturated heterocycles. The molecule has 0 aromatic heterocycles. The zero-order valence-electron chi connectivity index (χ0n) is 18.0. The molecule has 164 valence electrons. The van der Waals surface area contributed by atoms with Crippen LogP contribution < -0.4 is 9.47 Å². The van der Waals surface area contributed by atoms with Gasteiger partial charge in [0.05, 0.1) is 12.0 Å². The molecular formula is C25H29NO5. The van der Waals surface area contributed by atoms with Crippen molar-refractivity contribution in [1.82, 2.24) is 4.90 Å². The van der Waals surface area contributed by atoms with Crippen molar-refractivity contribution < 1.29 is 23.8 Å². The number of carbonyl (C=O) groups excluding carboxylic acids is 2. The molecule has 1 unspecified atom stereocenters. The van der Waals surface area contributed by atoms with E-state index in [4.69, 9.17) is 14.2 Å². The summed E-state index contributed by atoms with van der Waals surface area (Å²) >= 11 is 0. The molecule has 2 heterocycles. The van der Waals surface area contributed by atoms with E-state index in [1.165, 1.54) is 5.56 Å². The zero-order chi connectivity index (χ0) is 21.7. The normalized spacial score (nSPS) is 19.8. The number of piperidine rings is 1. The maximum Gasteiger partial charge on any atom is 0.313 e. The van der Waals surface area contributed by atoms with Crippen molar-refractivity contribution in [2.24, 2.45) is 5.41 Å². The number of hydrogen-bond donors (Lipinski definition) is 0. The molecule has 0 radical (unpaired) electrons. The third-order valence-corrected chi connectivity index (χ3v) is 6.16. The minimum atomic E-state index is -0.658. The Labute approximate surface area is 183 Å². The summed E-state index contributed by atoms with van der Waals surface area (Å²) in [5, 5.41) is 0. The summed E-state index contributed by atoms with van der Waals surface area (Å²) in [4.78, 5) is 28.1. The Bertz CT molecular complexity index is 929. The SMILES string of the molecule is CCOC(=O)C1(CCCc2ccccc2)CCCN(C(=O)c2ccc3c(c2)OCO3)C1. The molecule has 1 fully saturated rings. The van der Waals surface area contributed by atoms with Crippen LogP contribution in [-0.4, -0.2) is 43.3 Å². The highest BCUT2D eigenvalue weighted by Gasteiger charge is 2.44. The lowest BCUT2D eigenvalue weighted by Gasteiger charge is -2.41. The van der Waals surface area contributed by atoms with Gasteiger partial charge in [-0.1, -0.05) is 30.3 Å². The first kappa shape index (κ1) is 21.2. The van der Waals surface area contributed by atoms with Crippen LogP contribution in [0.3, 0.4) is 0 Å². The van der Waals surface area contributed by atoms with Crippen molar-refractivity contribution in [3.8, 4) is 11.5 Å². The van der Waals surface area contributed by atoms with E-state index < -0.39 is 5.41 Å². The van der Waals surface area contributed by atoms with Crippen LogP contribution in [-0.2, 0) is 16.0 Å². The van der Waals surface area contributed by atoms with Crippen molar-refractivity contribution in [2.75, 3.05) is 26.5 Å². The van der Waals surface area contributed by atoms with E-state index in [0.29, 0.717) is 43.2 Å². The molecule has 4 rings (SSSR count). The van der Waals surface area contributed by atoms with E-state index in [2.05, 4.69) is 12.1 Å². The molecule has 2 aliphatic heterocycles. The van der Waals surface area contributed by atoms with Crippen LogP contribution in [0.4, 0.5) is 0 Å². The summed E-state index contributed by atoms with van der Waals surface area (Å²) < 4.78 is 16.2. The highest BCUT2D eigenvalue weighted by atomic mass is 16.7. The molecule has 2 aliphatic rings. The summed E-state index contributed by atoms with van der Waals surface area (Å²) in [6.45, 7) is 3.36. The second kappa shape index (κ2) is 9.41. The monoisotopic (exact) mass is 423 g/mol. The van der Waals surface area contributed by atoms with Gasteiger partial charge in [0.2, 0.25) is 6.79 Å². The Balaban J connectivity index is 1.48. The largest absolute Gasteiger partial charge is 0.466 e. The summed E-state index contributed by atoms with van der Waals surface area (Å²) in [5.41, 5.74) is 1.15. The van der Waals surface area contributed by atoms with Crippen molar-refractivity contribution in [3.05, 3.63) is 59.7 Å². The number of hydrogen-bond acceptors (Lipinski definition) is 5. The molecule has 0 aliphatic carbocycles. The van der Waals surface area contributed by atoms with Crippen molar-refractivity contribution >= 4 is 11.9 Å². The number of likely N-dealkylation sites (tertiary alicyclic amines) is 1. The van der Waals surface area contributed by atoms with E-state index in [1.807, 2.05) is 25.1 Å². The van der Waals surface area contributed by atoms with E-state index in [0.717, 1.165) is 25.7 Å². The van der Waals surface area contributed by atoms with Gasteiger partial charge in [0, 0.05) is 18.7 Å². The maximum absolute atomic E-state index is 13.2. The Morgan fingerprint density at radius 1 is 1.10 bits per heavy atom. The Hall–Kier alpha value is -3.02. The smallest absolute Gasteiger partial charge is 0.313 e. The van der Waals surface area contributed by atoms with Crippen molar-refractivity contribution in [2.45, 2.75) is 39.0 Å². The van der Waals surface area contributed by atoms with Gasteiger partial charge in [0.25, 0.3) is 5.91 Å². The predicted octanol–water partition coefficient (Wildman–Crippen LogP) is 4.22. The van der Waals surface area contributed by atoms with Crippen LogP contribution in [0.1, 0.15) is 48.5 Å². The molecule has 0 bridgehead atoms. The molecule has 1 atom stereocenters. The number of nitrogens with zero attached hydrogens (tertiary/aromatic N) is 1. The standard InChI is InChI=1S/C25H29NO5/c1-2-29-24(28)25(13-6-10-19-8-4-3-5-9-19)14-7-15-26(17-25)23(27)20-11-12-21-22(16-20)31-18-30-21/h3-5,8-9,11-12,16H,2,6-7,10,13-15,17-18H2,1H3. The van der Waals surface area contributed by atoms with Crippen molar-refractivity contribution in [3.63, 3.8) is 0 Å². The number of ether oxygens (including phenoxy) is 3. The number of amides is 1. The van der Waals surface area contributed by atoms with Gasteiger partial charge in [0.1, 0.15) is 0 Å². The first-order valence-corrected chi connectivity index (χ1v) is 11.0. The lowest BCUT2D eigenvalue weighted by atomic mass is 9.75. The molecule has 0 spiro atoms. The van der Waals surface area contributed by atoms with Crippen LogP contribution in [0.15, 0.2) is 48.5 Å². The second-order valence-corrected chi connectivity index (χ2v) is 8.24. The van der Waals surface area contributed by atoms with Gasteiger partial charge in [-0.2, -0.15) is 0 Å². The molecule has 2 aromatic rings. The fourth-order valence-electron chi connectivity index (χ4n) is 4.55. The lowest BCUT2D eigenvalue weighted by molar-refractivity contribution is -0.159. The predicted molar refractivity (Wildman–Crippen MR) is 116 cm³/mol. The van der Waals surface area contributed by atoms with E-state index in [9.17, 15) is 9.59 Å². The second-order valence-electron chi connectivity index (χ2n) is 8.24. The average molecular weight is 424 g/mol. The lowest BCUT2D eigenvalue weighted by Crippen LogP contribution is -2.50. The third kappa shape index (κ3) is 4.68. The van der Waals surface area contributed by atoms with Crippen LogP contribution >= 0.6 is 0 Å². The molecule has 0 saturated carbocycles. The van der Waals surface area contributed by atoms with Crippen LogP contribution in [0, 0.1) is 5.41 Å². The van der Waals surface area contributed by atoms with E-state index >= 15 is 0 Å². The highest BCUT2D eigenvalue weighted by molar-refractivity contribution is 5.95. The van der Waals surface area contributed by atoms with E-state index in [1.54, 1.807) is 23.1 Å².